The monoisotopic (exact) mass is 351 g/mol. The Morgan fingerprint density at radius 3 is 2.44 bits per heavy atom. The first kappa shape index (κ1) is 18.8. The number of carbonyl (C=O) groups is 3. The summed E-state index contributed by atoms with van der Waals surface area (Å²) in [4.78, 5) is 37.8. The molecule has 1 atom stereocenters. The van der Waals surface area contributed by atoms with Gasteiger partial charge in [0.1, 0.15) is 11.6 Å². The van der Waals surface area contributed by atoms with Crippen LogP contribution in [0.1, 0.15) is 45.2 Å². The number of hydrogen-bond acceptors (Lipinski definition) is 5. The molecule has 25 heavy (non-hydrogen) atoms. The summed E-state index contributed by atoms with van der Waals surface area (Å²) in [5.74, 6) is -0.811. The second kappa shape index (κ2) is 7.12. The molecule has 9 heteroatoms. The first-order valence-electron chi connectivity index (χ1n) is 8.12. The van der Waals surface area contributed by atoms with E-state index in [-0.39, 0.29) is 11.8 Å². The molecule has 138 valence electrons. The Morgan fingerprint density at radius 2 is 1.96 bits per heavy atom. The summed E-state index contributed by atoms with van der Waals surface area (Å²) < 4.78 is 6.85. The van der Waals surface area contributed by atoms with Crippen LogP contribution in [0.4, 0.5) is 4.79 Å². The molecule has 0 radical (unpaired) electrons. The normalized spacial score (nSPS) is 15.2. The molecule has 1 aromatic rings. The van der Waals surface area contributed by atoms with Gasteiger partial charge in [-0.1, -0.05) is 0 Å². The Balaban J connectivity index is 2.13. The van der Waals surface area contributed by atoms with E-state index in [2.05, 4.69) is 16.0 Å². The van der Waals surface area contributed by atoms with Crippen molar-refractivity contribution in [3.63, 3.8) is 0 Å². The highest BCUT2D eigenvalue weighted by Gasteiger charge is 2.34. The molecule has 2 rings (SSSR count). The van der Waals surface area contributed by atoms with Crippen LogP contribution >= 0.6 is 0 Å². The molecular formula is C16H25N5O4. The Labute approximate surface area is 146 Å². The Morgan fingerprint density at radius 1 is 1.32 bits per heavy atom. The summed E-state index contributed by atoms with van der Waals surface area (Å²) in [5.41, 5.74) is 4.60. The average Bonchev–Trinajstić information content (AvgIpc) is 3.26. The molecule has 0 saturated heterocycles. The van der Waals surface area contributed by atoms with Crippen molar-refractivity contribution in [3.05, 3.63) is 18.0 Å². The number of amides is 3. The van der Waals surface area contributed by atoms with E-state index in [9.17, 15) is 14.4 Å². The lowest BCUT2D eigenvalue weighted by Crippen LogP contribution is -2.49. The third-order valence-corrected chi connectivity index (χ3v) is 3.61. The number of nitrogens with one attached hydrogen (secondary N) is 2. The van der Waals surface area contributed by atoms with E-state index >= 15 is 0 Å². The van der Waals surface area contributed by atoms with Crippen LogP contribution in [0.25, 0.3) is 0 Å². The number of hydrogen-bond donors (Lipinski definition) is 2. The molecule has 9 nitrogen and oxygen atoms in total. The summed E-state index contributed by atoms with van der Waals surface area (Å²) in [6.45, 7) is 5.23. The molecule has 1 aliphatic rings. The van der Waals surface area contributed by atoms with E-state index in [0.29, 0.717) is 5.56 Å². The predicted octanol–water partition coefficient (Wildman–Crippen LogP) is 0.886. The first-order valence-corrected chi connectivity index (χ1v) is 8.12. The van der Waals surface area contributed by atoms with E-state index in [1.165, 1.54) is 22.8 Å². The van der Waals surface area contributed by atoms with Crippen LogP contribution in [-0.2, 0) is 21.4 Å². The molecule has 3 amide bonds. The van der Waals surface area contributed by atoms with Gasteiger partial charge in [-0.25, -0.2) is 4.79 Å². The highest BCUT2D eigenvalue weighted by atomic mass is 16.6. The van der Waals surface area contributed by atoms with Gasteiger partial charge in [-0.2, -0.15) is 5.10 Å². The van der Waals surface area contributed by atoms with Crippen LogP contribution in [0.3, 0.4) is 0 Å². The van der Waals surface area contributed by atoms with E-state index in [0.717, 1.165) is 12.8 Å². The zero-order chi connectivity index (χ0) is 18.8. The third-order valence-electron chi connectivity index (χ3n) is 3.61. The highest BCUT2D eigenvalue weighted by Crippen LogP contribution is 2.28. The minimum absolute atomic E-state index is 0.0410. The van der Waals surface area contributed by atoms with E-state index in [1.807, 2.05) is 0 Å². The summed E-state index contributed by atoms with van der Waals surface area (Å²) in [7, 11) is 3.18. The predicted molar refractivity (Wildman–Crippen MR) is 89.0 cm³/mol. The zero-order valence-corrected chi connectivity index (χ0v) is 15.2. The fourth-order valence-corrected chi connectivity index (χ4v) is 2.21. The van der Waals surface area contributed by atoms with Crippen molar-refractivity contribution in [1.29, 1.82) is 0 Å². The van der Waals surface area contributed by atoms with Gasteiger partial charge in [-0.15, -0.1) is 0 Å². The Bertz CT molecular complexity index is 660. The highest BCUT2D eigenvalue weighted by molar-refractivity contribution is 5.89. The van der Waals surface area contributed by atoms with Gasteiger partial charge in [0.05, 0.1) is 6.20 Å². The van der Waals surface area contributed by atoms with Gasteiger partial charge in [0.2, 0.25) is 5.91 Å². The first-order chi connectivity index (χ1) is 11.6. The van der Waals surface area contributed by atoms with Gasteiger partial charge in [-0.3, -0.25) is 30.0 Å². The fraction of sp³-hybridized carbons (Fsp3) is 0.625. The summed E-state index contributed by atoms with van der Waals surface area (Å²) >= 11 is 0. The number of rotatable bonds is 4. The minimum atomic E-state index is -0.983. The second-order valence-electron chi connectivity index (χ2n) is 7.19. The molecular weight excluding hydrogens is 326 g/mol. The SMILES string of the molecule is CN(C(=O)OC(C)(C)C)[C@@H](C(=O)NNC(=O)C1CC1)c1cnn(C)c1. The number of carbonyl (C=O) groups excluding carboxylic acids is 3. The van der Waals surface area contributed by atoms with E-state index in [1.54, 1.807) is 34.0 Å². The van der Waals surface area contributed by atoms with Crippen molar-refractivity contribution < 1.29 is 19.1 Å². The molecule has 1 aromatic heterocycles. The van der Waals surface area contributed by atoms with Crippen LogP contribution in [0.15, 0.2) is 12.4 Å². The third kappa shape index (κ3) is 5.20. The lowest BCUT2D eigenvalue weighted by molar-refractivity contribution is -0.132. The van der Waals surface area contributed by atoms with Crippen molar-refractivity contribution >= 4 is 17.9 Å². The lowest BCUT2D eigenvalue weighted by atomic mass is 10.1. The Kier molecular flexibility index (Phi) is 5.34. The number of aryl methyl sites for hydroxylation is 1. The molecule has 0 spiro atoms. The maximum atomic E-state index is 12.6. The largest absolute Gasteiger partial charge is 0.444 e. The topological polar surface area (TPSA) is 106 Å². The van der Waals surface area contributed by atoms with Gasteiger partial charge in [-0.05, 0) is 33.6 Å². The lowest BCUT2D eigenvalue weighted by Gasteiger charge is -2.29. The summed E-state index contributed by atoms with van der Waals surface area (Å²) in [6, 6.07) is -0.983. The number of likely N-dealkylation sites (N-methyl/N-ethyl adjacent to an activating group) is 1. The van der Waals surface area contributed by atoms with Crippen molar-refractivity contribution in [1.82, 2.24) is 25.5 Å². The van der Waals surface area contributed by atoms with Gasteiger partial charge >= 0.3 is 6.09 Å². The number of hydrazine groups is 1. The molecule has 0 bridgehead atoms. The molecule has 1 heterocycles. The molecule has 0 aromatic carbocycles. The average molecular weight is 351 g/mol. The molecule has 1 aliphatic carbocycles. The number of nitrogens with zero attached hydrogens (tertiary/aromatic N) is 3. The van der Waals surface area contributed by atoms with E-state index in [4.69, 9.17) is 4.74 Å². The van der Waals surface area contributed by atoms with Gasteiger partial charge in [0.25, 0.3) is 5.91 Å². The molecule has 2 N–H and O–H groups in total. The number of ether oxygens (including phenoxy) is 1. The second-order valence-corrected chi connectivity index (χ2v) is 7.19. The van der Waals surface area contributed by atoms with Crippen LogP contribution < -0.4 is 10.9 Å². The maximum absolute atomic E-state index is 12.6. The molecule has 1 fully saturated rings. The molecule has 0 aliphatic heterocycles. The van der Waals surface area contributed by atoms with Crippen molar-refractivity contribution in [2.24, 2.45) is 13.0 Å². The quantitative estimate of drug-likeness (QED) is 0.784. The standard InChI is InChI=1S/C16H25N5O4/c1-16(2,3)25-15(24)21(5)12(11-8-17-20(4)9-11)14(23)19-18-13(22)10-6-7-10/h8-10,12H,6-7H2,1-5H3,(H,18,22)(H,19,23)/t12-/m1/s1. The minimum Gasteiger partial charge on any atom is -0.444 e. The van der Waals surface area contributed by atoms with Crippen LogP contribution in [-0.4, -0.2) is 45.2 Å². The van der Waals surface area contributed by atoms with Crippen molar-refractivity contribution in [2.45, 2.75) is 45.3 Å². The van der Waals surface area contributed by atoms with Crippen LogP contribution in [0.5, 0.6) is 0 Å². The molecule has 0 unspecified atom stereocenters. The van der Waals surface area contributed by atoms with Crippen LogP contribution in [0.2, 0.25) is 0 Å². The summed E-state index contributed by atoms with van der Waals surface area (Å²) in [6.07, 6.45) is 4.13. The van der Waals surface area contributed by atoms with E-state index < -0.39 is 23.6 Å². The van der Waals surface area contributed by atoms with Crippen molar-refractivity contribution in [2.75, 3.05) is 7.05 Å². The Hall–Kier alpha value is -2.58. The van der Waals surface area contributed by atoms with Gasteiger partial charge < -0.3 is 4.74 Å². The molecule has 1 saturated carbocycles. The van der Waals surface area contributed by atoms with Gasteiger partial charge in [0.15, 0.2) is 0 Å². The summed E-state index contributed by atoms with van der Waals surface area (Å²) in [5, 5.41) is 4.04. The van der Waals surface area contributed by atoms with Crippen molar-refractivity contribution in [3.8, 4) is 0 Å². The van der Waals surface area contributed by atoms with Crippen LogP contribution in [0, 0.1) is 5.92 Å². The van der Waals surface area contributed by atoms with Gasteiger partial charge in [0, 0.05) is 31.8 Å². The smallest absolute Gasteiger partial charge is 0.410 e. The fourth-order valence-electron chi connectivity index (χ4n) is 2.21. The number of aromatic nitrogens is 2. The maximum Gasteiger partial charge on any atom is 0.410 e. The zero-order valence-electron chi connectivity index (χ0n) is 15.2.